The minimum Gasteiger partial charge on any atom is -0.406 e. The Hall–Kier alpha value is -2.26. The molecule has 0 saturated heterocycles. The van der Waals surface area contributed by atoms with Gasteiger partial charge >= 0.3 is 12.3 Å². The summed E-state index contributed by atoms with van der Waals surface area (Å²) < 4.78 is 45.2. The Kier molecular flexibility index (Phi) is 7.25. The molecule has 30 heavy (non-hydrogen) atoms. The summed E-state index contributed by atoms with van der Waals surface area (Å²) >= 11 is 11.9. The molecule has 0 unspecified atom stereocenters. The van der Waals surface area contributed by atoms with Gasteiger partial charge in [0.15, 0.2) is 11.4 Å². The van der Waals surface area contributed by atoms with Crippen LogP contribution in [0.25, 0.3) is 0 Å². The number of aromatic nitrogens is 2. The van der Waals surface area contributed by atoms with E-state index in [-0.39, 0.29) is 21.7 Å². The van der Waals surface area contributed by atoms with Crippen molar-refractivity contribution in [3.63, 3.8) is 0 Å². The first kappa shape index (κ1) is 22.4. The van der Waals surface area contributed by atoms with E-state index in [0.717, 1.165) is 38.3 Å². The highest BCUT2D eigenvalue weighted by atomic mass is 35.5. The number of anilines is 2. The molecule has 3 rings (SSSR count). The summed E-state index contributed by atoms with van der Waals surface area (Å²) in [5.74, 6) is -0.855. The van der Waals surface area contributed by atoms with E-state index < -0.39 is 23.7 Å². The largest absolute Gasteiger partial charge is 0.437 e. The van der Waals surface area contributed by atoms with Gasteiger partial charge in [0.25, 0.3) is 0 Å². The Morgan fingerprint density at radius 1 is 1.20 bits per heavy atom. The second-order valence-electron chi connectivity index (χ2n) is 6.91. The van der Waals surface area contributed by atoms with Crippen molar-refractivity contribution in [3.05, 3.63) is 40.1 Å². The zero-order valence-electron chi connectivity index (χ0n) is 15.7. The van der Waals surface area contributed by atoms with Crippen molar-refractivity contribution in [2.24, 2.45) is 5.92 Å². The van der Waals surface area contributed by atoms with Crippen molar-refractivity contribution in [1.29, 1.82) is 0 Å². The van der Waals surface area contributed by atoms with Crippen molar-refractivity contribution in [2.45, 2.75) is 38.3 Å². The summed E-state index contributed by atoms with van der Waals surface area (Å²) in [6.45, 7) is 0.355. The van der Waals surface area contributed by atoms with Gasteiger partial charge in [-0.3, -0.25) is 0 Å². The molecule has 0 spiro atoms. The Balaban J connectivity index is 1.72. The number of rotatable bonds is 5. The number of nitrogens with zero attached hydrogens (tertiary/aromatic N) is 2. The van der Waals surface area contributed by atoms with Crippen molar-refractivity contribution in [3.8, 4) is 5.75 Å². The van der Waals surface area contributed by atoms with Crippen LogP contribution in [0.1, 0.15) is 37.8 Å². The number of benzene rings is 1. The molecule has 6 nitrogen and oxygen atoms in total. The Morgan fingerprint density at radius 2 is 1.93 bits per heavy atom. The quantitative estimate of drug-likeness (QED) is 0.551. The van der Waals surface area contributed by atoms with E-state index in [9.17, 15) is 18.0 Å². The van der Waals surface area contributed by atoms with Crippen molar-refractivity contribution in [1.82, 2.24) is 15.3 Å². The lowest BCUT2D eigenvalue weighted by molar-refractivity contribution is -0.142. The molecular weight excluding hydrogens is 444 g/mol. The number of nitrogens with one attached hydrogen (secondary N) is 2. The van der Waals surface area contributed by atoms with Crippen LogP contribution < -0.4 is 15.4 Å². The lowest BCUT2D eigenvalue weighted by Gasteiger charge is -2.21. The van der Waals surface area contributed by atoms with Crippen molar-refractivity contribution in [2.75, 3.05) is 11.9 Å². The second-order valence-corrected chi connectivity index (χ2v) is 7.69. The molecule has 1 aliphatic rings. The maximum absolute atomic E-state index is 13.5. The van der Waals surface area contributed by atoms with Gasteiger partial charge in [-0.25, -0.2) is 14.8 Å². The molecule has 1 fully saturated rings. The smallest absolute Gasteiger partial charge is 0.406 e. The molecule has 0 radical (unpaired) electrons. The van der Waals surface area contributed by atoms with E-state index in [0.29, 0.717) is 12.5 Å². The Labute approximate surface area is 181 Å². The third kappa shape index (κ3) is 5.89. The van der Waals surface area contributed by atoms with Crippen LogP contribution in [0.2, 0.25) is 10.0 Å². The number of hydrogen-bond donors (Lipinski definition) is 2. The van der Waals surface area contributed by atoms with E-state index >= 15 is 0 Å². The highest BCUT2D eigenvalue weighted by molar-refractivity contribution is 6.43. The average Bonchev–Trinajstić information content (AvgIpc) is 2.71. The van der Waals surface area contributed by atoms with E-state index in [1.165, 1.54) is 12.1 Å². The van der Waals surface area contributed by atoms with E-state index in [1.54, 1.807) is 6.07 Å². The summed E-state index contributed by atoms with van der Waals surface area (Å²) in [5, 5.41) is 5.42. The number of hydrogen-bond acceptors (Lipinski definition) is 5. The summed E-state index contributed by atoms with van der Waals surface area (Å²) in [4.78, 5) is 19.2. The van der Waals surface area contributed by atoms with Crippen molar-refractivity contribution < 1.29 is 22.7 Å². The third-order valence-electron chi connectivity index (χ3n) is 4.68. The number of carbonyl (C=O) groups is 1. The standard InChI is InChI=1S/C19H19Cl2F3N4O2/c20-12-7-4-8-13(15(12)21)27-17-25-10-14(16(28-17)19(22,23)24)30-18(29)26-9-11-5-2-1-3-6-11/h4,7-8,10-11H,1-3,5-6,9H2,(H,26,29)(H,25,27,28). The van der Waals surface area contributed by atoms with Gasteiger partial charge in [-0.1, -0.05) is 48.5 Å². The topological polar surface area (TPSA) is 76.1 Å². The molecule has 1 aliphatic carbocycles. The second kappa shape index (κ2) is 9.70. The summed E-state index contributed by atoms with van der Waals surface area (Å²) in [7, 11) is 0. The molecule has 1 heterocycles. The number of alkyl halides is 3. The first-order valence-electron chi connectivity index (χ1n) is 9.35. The number of amides is 1. The Bertz CT molecular complexity index is 906. The predicted octanol–water partition coefficient (Wildman–Crippen LogP) is 6.21. The van der Waals surface area contributed by atoms with Gasteiger partial charge in [0, 0.05) is 6.54 Å². The molecule has 0 atom stereocenters. The predicted molar refractivity (Wildman–Crippen MR) is 107 cm³/mol. The minimum atomic E-state index is -4.86. The monoisotopic (exact) mass is 462 g/mol. The third-order valence-corrected chi connectivity index (χ3v) is 5.50. The number of carbonyl (C=O) groups excluding carboxylic acids is 1. The van der Waals surface area contributed by atoms with Gasteiger partial charge in [-0.2, -0.15) is 13.2 Å². The van der Waals surface area contributed by atoms with Crippen LogP contribution in [0.5, 0.6) is 5.75 Å². The number of ether oxygens (including phenoxy) is 1. The highest BCUT2D eigenvalue weighted by Crippen LogP contribution is 2.36. The van der Waals surface area contributed by atoms with Crippen LogP contribution in [-0.2, 0) is 6.18 Å². The van der Waals surface area contributed by atoms with E-state index in [1.807, 2.05) is 0 Å². The van der Waals surface area contributed by atoms with Crippen molar-refractivity contribution >= 4 is 40.9 Å². The fourth-order valence-electron chi connectivity index (χ4n) is 3.18. The maximum atomic E-state index is 13.5. The molecular formula is C19H19Cl2F3N4O2. The van der Waals surface area contributed by atoms with Crippen LogP contribution in [0.3, 0.4) is 0 Å². The molecule has 1 aromatic carbocycles. The van der Waals surface area contributed by atoms with Gasteiger partial charge in [0.05, 0.1) is 21.9 Å². The fourth-order valence-corrected chi connectivity index (χ4v) is 3.53. The van der Waals surface area contributed by atoms with Crippen LogP contribution in [0, 0.1) is 5.92 Å². The zero-order chi connectivity index (χ0) is 21.7. The molecule has 2 N–H and O–H groups in total. The first-order chi connectivity index (χ1) is 14.2. The van der Waals surface area contributed by atoms with E-state index in [2.05, 4.69) is 20.6 Å². The van der Waals surface area contributed by atoms with Crippen LogP contribution in [-0.4, -0.2) is 22.6 Å². The van der Waals surface area contributed by atoms with E-state index in [4.69, 9.17) is 27.9 Å². The molecule has 1 saturated carbocycles. The highest BCUT2D eigenvalue weighted by Gasteiger charge is 2.38. The fraction of sp³-hybridized carbons (Fsp3) is 0.421. The molecule has 0 aliphatic heterocycles. The van der Waals surface area contributed by atoms with Crippen LogP contribution in [0.15, 0.2) is 24.4 Å². The molecule has 2 aromatic rings. The maximum Gasteiger partial charge on any atom is 0.437 e. The normalized spacial score (nSPS) is 15.0. The number of halogens is 5. The van der Waals surface area contributed by atoms with Crippen LogP contribution >= 0.6 is 23.2 Å². The molecule has 11 heteroatoms. The van der Waals surface area contributed by atoms with Gasteiger partial charge < -0.3 is 15.4 Å². The molecule has 1 aromatic heterocycles. The Morgan fingerprint density at radius 3 is 2.63 bits per heavy atom. The minimum absolute atomic E-state index is 0.110. The van der Waals surface area contributed by atoms with Gasteiger partial charge in [-0.05, 0) is 30.9 Å². The average molecular weight is 463 g/mol. The van der Waals surface area contributed by atoms with Gasteiger partial charge in [0.1, 0.15) is 0 Å². The van der Waals surface area contributed by atoms with Gasteiger partial charge in [-0.15, -0.1) is 0 Å². The summed E-state index contributed by atoms with van der Waals surface area (Å²) in [6, 6.07) is 4.60. The molecule has 162 valence electrons. The molecule has 0 bridgehead atoms. The summed E-state index contributed by atoms with van der Waals surface area (Å²) in [6.07, 6.45) is 0.222. The lowest BCUT2D eigenvalue weighted by Crippen LogP contribution is -2.33. The SMILES string of the molecule is O=C(NCC1CCCCC1)Oc1cnc(Nc2cccc(Cl)c2Cl)nc1C(F)(F)F. The first-order valence-corrected chi connectivity index (χ1v) is 10.1. The lowest BCUT2D eigenvalue weighted by atomic mass is 9.89. The zero-order valence-corrected chi connectivity index (χ0v) is 17.2. The summed E-state index contributed by atoms with van der Waals surface area (Å²) in [5.41, 5.74) is -1.15. The van der Waals surface area contributed by atoms with Crippen LogP contribution in [0.4, 0.5) is 29.6 Å². The van der Waals surface area contributed by atoms with Gasteiger partial charge in [0.2, 0.25) is 5.95 Å². The molecule has 1 amide bonds.